The number of aliphatic carboxylic acids is 1. The number of carboxylic acids is 1. The standard InChI is InChI=1S/C13H15ClN2O5/c1-13(12(17)18,15-9-3-4-9)7-21-11-6-8(14)2-5-10(11)16(19)20/h2,5-6,9,15H,3-4,7H2,1H3,(H,17,18). The molecule has 8 heteroatoms. The van der Waals surface area contributed by atoms with E-state index in [1.807, 2.05) is 0 Å². The zero-order valence-corrected chi connectivity index (χ0v) is 12.1. The van der Waals surface area contributed by atoms with Gasteiger partial charge in [0.25, 0.3) is 0 Å². The van der Waals surface area contributed by atoms with Crippen LogP contribution in [-0.2, 0) is 4.79 Å². The molecule has 1 saturated carbocycles. The summed E-state index contributed by atoms with van der Waals surface area (Å²) < 4.78 is 5.36. The van der Waals surface area contributed by atoms with Crippen molar-refractivity contribution in [1.29, 1.82) is 0 Å². The minimum absolute atomic E-state index is 0.0439. The molecule has 7 nitrogen and oxygen atoms in total. The normalized spacial score (nSPS) is 17.0. The van der Waals surface area contributed by atoms with Gasteiger partial charge in [-0.25, -0.2) is 0 Å². The highest BCUT2D eigenvalue weighted by Crippen LogP contribution is 2.31. The number of nitrogens with zero attached hydrogens (tertiary/aromatic N) is 1. The Morgan fingerprint density at radius 3 is 2.81 bits per heavy atom. The van der Waals surface area contributed by atoms with Gasteiger partial charge in [-0.15, -0.1) is 0 Å². The SMILES string of the molecule is CC(COc1cc(Cl)ccc1[N+](=O)[O-])(NC1CC1)C(=O)O. The molecule has 1 aliphatic carbocycles. The maximum Gasteiger partial charge on any atom is 0.327 e. The van der Waals surface area contributed by atoms with Crippen molar-refractivity contribution in [1.82, 2.24) is 5.32 Å². The van der Waals surface area contributed by atoms with Crippen LogP contribution in [0.15, 0.2) is 18.2 Å². The van der Waals surface area contributed by atoms with Gasteiger partial charge >= 0.3 is 11.7 Å². The van der Waals surface area contributed by atoms with Crippen LogP contribution in [0.4, 0.5) is 5.69 Å². The molecule has 0 spiro atoms. The lowest BCUT2D eigenvalue weighted by molar-refractivity contribution is -0.385. The van der Waals surface area contributed by atoms with E-state index in [-0.39, 0.29) is 29.1 Å². The van der Waals surface area contributed by atoms with Gasteiger partial charge < -0.3 is 9.84 Å². The van der Waals surface area contributed by atoms with Crippen LogP contribution in [0.25, 0.3) is 0 Å². The average Bonchev–Trinajstić information content (AvgIpc) is 3.19. The molecule has 0 saturated heterocycles. The van der Waals surface area contributed by atoms with Gasteiger partial charge in [-0.1, -0.05) is 11.6 Å². The summed E-state index contributed by atoms with van der Waals surface area (Å²) >= 11 is 5.79. The van der Waals surface area contributed by atoms with Crippen LogP contribution in [0.3, 0.4) is 0 Å². The van der Waals surface area contributed by atoms with Crippen molar-refractivity contribution in [2.24, 2.45) is 0 Å². The third-order valence-electron chi connectivity index (χ3n) is 3.21. The van der Waals surface area contributed by atoms with Gasteiger partial charge in [0.15, 0.2) is 5.75 Å². The van der Waals surface area contributed by atoms with E-state index in [1.54, 1.807) is 0 Å². The molecule has 1 aliphatic rings. The Hall–Kier alpha value is -1.86. The molecule has 0 aliphatic heterocycles. The fourth-order valence-electron chi connectivity index (χ4n) is 1.82. The Kier molecular flexibility index (Phi) is 4.34. The molecule has 1 atom stereocenters. The third-order valence-corrected chi connectivity index (χ3v) is 3.44. The first-order valence-electron chi connectivity index (χ1n) is 6.40. The summed E-state index contributed by atoms with van der Waals surface area (Å²) in [4.78, 5) is 21.7. The van der Waals surface area contributed by atoms with Gasteiger partial charge in [0.05, 0.1) is 4.92 Å². The Morgan fingerprint density at radius 1 is 1.62 bits per heavy atom. The van der Waals surface area contributed by atoms with E-state index in [0.717, 1.165) is 12.8 Å². The molecule has 0 aromatic heterocycles. The molecule has 0 amide bonds. The summed E-state index contributed by atoms with van der Waals surface area (Å²) in [6, 6.07) is 4.07. The van der Waals surface area contributed by atoms with Crippen LogP contribution >= 0.6 is 11.6 Å². The van der Waals surface area contributed by atoms with Crippen molar-refractivity contribution in [3.05, 3.63) is 33.3 Å². The van der Waals surface area contributed by atoms with E-state index in [0.29, 0.717) is 0 Å². The molecule has 0 bridgehead atoms. The molecular weight excluding hydrogens is 300 g/mol. The lowest BCUT2D eigenvalue weighted by Crippen LogP contribution is -2.54. The zero-order valence-electron chi connectivity index (χ0n) is 11.3. The van der Waals surface area contributed by atoms with Crippen molar-refractivity contribution in [2.45, 2.75) is 31.3 Å². The smallest absolute Gasteiger partial charge is 0.327 e. The second kappa shape index (κ2) is 5.87. The monoisotopic (exact) mass is 314 g/mol. The number of rotatable bonds is 7. The molecule has 1 aromatic carbocycles. The topological polar surface area (TPSA) is 102 Å². The van der Waals surface area contributed by atoms with E-state index in [1.165, 1.54) is 25.1 Å². The molecule has 0 heterocycles. The molecule has 0 radical (unpaired) electrons. The largest absolute Gasteiger partial charge is 0.484 e. The number of benzene rings is 1. The quantitative estimate of drug-likeness (QED) is 0.591. The summed E-state index contributed by atoms with van der Waals surface area (Å²) in [5, 5.41) is 23.5. The van der Waals surface area contributed by atoms with Gasteiger partial charge in [-0.2, -0.15) is 0 Å². The second-order valence-electron chi connectivity index (χ2n) is 5.21. The molecule has 1 fully saturated rings. The van der Waals surface area contributed by atoms with Crippen LogP contribution < -0.4 is 10.1 Å². The molecule has 21 heavy (non-hydrogen) atoms. The number of hydrogen-bond acceptors (Lipinski definition) is 5. The van der Waals surface area contributed by atoms with Crippen LogP contribution in [-0.4, -0.2) is 34.2 Å². The van der Waals surface area contributed by atoms with Crippen molar-refractivity contribution in [3.63, 3.8) is 0 Å². The highest BCUT2D eigenvalue weighted by molar-refractivity contribution is 6.30. The van der Waals surface area contributed by atoms with Gasteiger partial charge in [0.1, 0.15) is 12.1 Å². The Balaban J connectivity index is 2.15. The van der Waals surface area contributed by atoms with Gasteiger partial charge in [0.2, 0.25) is 0 Å². The summed E-state index contributed by atoms with van der Waals surface area (Å²) in [7, 11) is 0. The number of carbonyl (C=O) groups is 1. The molecule has 114 valence electrons. The van der Waals surface area contributed by atoms with Crippen molar-refractivity contribution < 1.29 is 19.6 Å². The maximum atomic E-state index is 11.4. The van der Waals surface area contributed by atoms with E-state index >= 15 is 0 Å². The van der Waals surface area contributed by atoms with Gasteiger partial charge in [-0.05, 0) is 25.8 Å². The maximum absolute atomic E-state index is 11.4. The summed E-state index contributed by atoms with van der Waals surface area (Å²) in [5.41, 5.74) is -1.56. The number of carboxylic acid groups (broad SMARTS) is 1. The predicted octanol–water partition coefficient (Wildman–Crippen LogP) is 2.22. The molecule has 1 unspecified atom stereocenters. The zero-order chi connectivity index (χ0) is 15.6. The first kappa shape index (κ1) is 15.5. The van der Waals surface area contributed by atoms with E-state index in [4.69, 9.17) is 16.3 Å². The first-order chi connectivity index (χ1) is 9.82. The van der Waals surface area contributed by atoms with Crippen LogP contribution in [0.5, 0.6) is 5.75 Å². The lowest BCUT2D eigenvalue weighted by Gasteiger charge is -2.26. The van der Waals surface area contributed by atoms with E-state index in [2.05, 4.69) is 5.32 Å². The number of nitro groups is 1. The lowest BCUT2D eigenvalue weighted by atomic mass is 10.0. The number of nitrogens with one attached hydrogen (secondary N) is 1. The number of nitro benzene ring substituents is 1. The van der Waals surface area contributed by atoms with Crippen molar-refractivity contribution >= 4 is 23.3 Å². The Bertz CT molecular complexity index is 576. The first-order valence-corrected chi connectivity index (χ1v) is 6.77. The Labute approximate surface area is 126 Å². The minimum atomic E-state index is -1.31. The van der Waals surface area contributed by atoms with Crippen molar-refractivity contribution in [3.8, 4) is 5.75 Å². The molecule has 2 rings (SSSR count). The van der Waals surface area contributed by atoms with Crippen LogP contribution in [0.2, 0.25) is 5.02 Å². The fourth-order valence-corrected chi connectivity index (χ4v) is 1.98. The fraction of sp³-hybridized carbons (Fsp3) is 0.462. The predicted molar refractivity (Wildman–Crippen MR) is 75.8 cm³/mol. The molecule has 1 aromatic rings. The number of halogens is 1. The number of ether oxygens (including phenoxy) is 1. The molecule has 2 N–H and O–H groups in total. The van der Waals surface area contributed by atoms with E-state index < -0.39 is 16.4 Å². The van der Waals surface area contributed by atoms with Crippen LogP contribution in [0, 0.1) is 10.1 Å². The highest BCUT2D eigenvalue weighted by Gasteiger charge is 2.39. The van der Waals surface area contributed by atoms with Gasteiger partial charge in [-0.3, -0.25) is 20.2 Å². The van der Waals surface area contributed by atoms with Crippen molar-refractivity contribution in [2.75, 3.05) is 6.61 Å². The summed E-state index contributed by atoms with van der Waals surface area (Å²) in [6.45, 7) is 1.25. The summed E-state index contributed by atoms with van der Waals surface area (Å²) in [5.74, 6) is -1.11. The minimum Gasteiger partial charge on any atom is -0.484 e. The molecular formula is C13H15ClN2O5. The number of hydrogen-bond donors (Lipinski definition) is 2. The second-order valence-corrected chi connectivity index (χ2v) is 5.65. The third kappa shape index (κ3) is 3.83. The van der Waals surface area contributed by atoms with Crippen LogP contribution in [0.1, 0.15) is 19.8 Å². The average molecular weight is 315 g/mol. The highest BCUT2D eigenvalue weighted by atomic mass is 35.5. The van der Waals surface area contributed by atoms with Gasteiger partial charge in [0, 0.05) is 23.2 Å². The summed E-state index contributed by atoms with van der Waals surface area (Å²) in [6.07, 6.45) is 1.83. The van der Waals surface area contributed by atoms with E-state index in [9.17, 15) is 20.0 Å². The Morgan fingerprint density at radius 2 is 2.29 bits per heavy atom.